The molecule has 1 aliphatic heterocycles. The second-order valence-corrected chi connectivity index (χ2v) is 9.77. The molecular weight excluding hydrogens is 448 g/mol. The monoisotopic (exact) mass is 480 g/mol. The van der Waals surface area contributed by atoms with Gasteiger partial charge >= 0.3 is 0 Å². The molecule has 0 saturated carbocycles. The summed E-state index contributed by atoms with van der Waals surface area (Å²) in [7, 11) is 2.04. The Balaban J connectivity index is 1.66. The fourth-order valence-corrected chi connectivity index (χ4v) is 4.97. The highest BCUT2D eigenvalue weighted by Gasteiger charge is 2.30. The standard InChI is InChI=1S/C30H32N4O2/c1-22(23-11-5-3-6-12-23)31-30(35)28-25-15-9-10-16-27(25)32-29(24-13-7-4-8-14-24)26(28)21-34(36)19-17-33(2)18-20-34/h3-16,22H,17-21H2,1-2H3,(H,31,35). The van der Waals surface area contributed by atoms with Gasteiger partial charge in [0.2, 0.25) is 0 Å². The van der Waals surface area contributed by atoms with E-state index >= 15 is 0 Å². The lowest BCUT2D eigenvalue weighted by Crippen LogP contribution is -2.54. The number of para-hydroxylation sites is 1. The topological polar surface area (TPSA) is 68.3 Å². The lowest BCUT2D eigenvalue weighted by atomic mass is 9.94. The molecule has 1 amide bonds. The van der Waals surface area contributed by atoms with Crippen LogP contribution in [0.25, 0.3) is 22.2 Å². The van der Waals surface area contributed by atoms with E-state index in [-0.39, 0.29) is 23.1 Å². The minimum atomic E-state index is -0.362. The van der Waals surface area contributed by atoms with Crippen LogP contribution >= 0.6 is 0 Å². The highest BCUT2D eigenvalue weighted by atomic mass is 16.5. The number of nitrogens with one attached hydrogen (secondary N) is 1. The largest absolute Gasteiger partial charge is 0.632 e. The van der Waals surface area contributed by atoms with E-state index in [1.165, 1.54) is 0 Å². The van der Waals surface area contributed by atoms with Gasteiger partial charge in [-0.05, 0) is 25.6 Å². The van der Waals surface area contributed by atoms with Crippen molar-refractivity contribution < 1.29 is 9.44 Å². The molecule has 2 heterocycles. The molecule has 1 aliphatic rings. The average molecular weight is 481 g/mol. The van der Waals surface area contributed by atoms with Crippen molar-refractivity contribution in [2.45, 2.75) is 19.5 Å². The zero-order valence-corrected chi connectivity index (χ0v) is 20.9. The van der Waals surface area contributed by atoms with E-state index in [2.05, 4.69) is 10.2 Å². The molecule has 1 unspecified atom stereocenters. The SMILES string of the molecule is CC(NC(=O)c1c(C[N+]2([O-])CCN(C)CC2)c(-c2ccccc2)nc2ccccc12)c1ccccc1. The van der Waals surface area contributed by atoms with Gasteiger partial charge < -0.3 is 15.2 Å². The van der Waals surface area contributed by atoms with Gasteiger partial charge in [-0.2, -0.15) is 0 Å². The van der Waals surface area contributed by atoms with Gasteiger partial charge in [-0.25, -0.2) is 4.98 Å². The Labute approximate surface area is 212 Å². The molecule has 36 heavy (non-hydrogen) atoms. The number of quaternary nitrogens is 1. The minimum absolute atomic E-state index is 0.183. The zero-order valence-electron chi connectivity index (χ0n) is 20.9. The molecule has 184 valence electrons. The molecule has 0 aliphatic carbocycles. The van der Waals surface area contributed by atoms with Crippen LogP contribution < -0.4 is 5.32 Å². The van der Waals surface area contributed by atoms with Crippen LogP contribution in [-0.4, -0.2) is 53.7 Å². The van der Waals surface area contributed by atoms with Gasteiger partial charge in [-0.15, -0.1) is 0 Å². The molecule has 0 radical (unpaired) electrons. The first-order valence-corrected chi connectivity index (χ1v) is 12.5. The molecular formula is C30H32N4O2. The maximum Gasteiger partial charge on any atom is 0.253 e. The number of amides is 1. The maximum absolute atomic E-state index is 14.0. The Morgan fingerprint density at radius 3 is 2.28 bits per heavy atom. The first kappa shape index (κ1) is 24.1. The van der Waals surface area contributed by atoms with Gasteiger partial charge in [-0.1, -0.05) is 78.9 Å². The third-order valence-electron chi connectivity index (χ3n) is 7.14. The third kappa shape index (κ3) is 5.02. The van der Waals surface area contributed by atoms with Crippen molar-refractivity contribution in [3.63, 3.8) is 0 Å². The van der Waals surface area contributed by atoms with Crippen molar-refractivity contribution in [3.05, 3.63) is 107 Å². The fourth-order valence-electron chi connectivity index (χ4n) is 4.97. The molecule has 3 aromatic carbocycles. The molecule has 4 aromatic rings. The number of carbonyl (C=O) groups is 1. The molecule has 1 saturated heterocycles. The van der Waals surface area contributed by atoms with Gasteiger partial charge in [0, 0.05) is 29.6 Å². The van der Waals surface area contributed by atoms with Crippen LogP contribution in [0.3, 0.4) is 0 Å². The van der Waals surface area contributed by atoms with Crippen molar-refractivity contribution in [1.29, 1.82) is 0 Å². The molecule has 0 bridgehead atoms. The van der Waals surface area contributed by atoms with E-state index in [1.807, 2.05) is 98.9 Å². The van der Waals surface area contributed by atoms with Crippen LogP contribution in [0, 0.1) is 5.21 Å². The molecule has 1 N–H and O–H groups in total. The smallest absolute Gasteiger partial charge is 0.253 e. The van der Waals surface area contributed by atoms with Gasteiger partial charge in [0.25, 0.3) is 5.91 Å². The highest BCUT2D eigenvalue weighted by molar-refractivity contribution is 6.09. The quantitative estimate of drug-likeness (QED) is 0.306. The van der Waals surface area contributed by atoms with Crippen LogP contribution in [0.5, 0.6) is 0 Å². The van der Waals surface area contributed by atoms with E-state index in [4.69, 9.17) is 4.98 Å². The zero-order chi connectivity index (χ0) is 25.1. The summed E-state index contributed by atoms with van der Waals surface area (Å²) in [6, 6.07) is 27.3. The summed E-state index contributed by atoms with van der Waals surface area (Å²) in [6.07, 6.45) is 0. The van der Waals surface area contributed by atoms with Crippen molar-refractivity contribution in [2.75, 3.05) is 33.2 Å². The van der Waals surface area contributed by atoms with Crippen LogP contribution in [0.2, 0.25) is 0 Å². The van der Waals surface area contributed by atoms with E-state index in [9.17, 15) is 10.0 Å². The normalized spacial score (nSPS) is 16.5. The van der Waals surface area contributed by atoms with Crippen molar-refractivity contribution in [2.24, 2.45) is 0 Å². The maximum atomic E-state index is 14.0. The number of nitrogens with zero attached hydrogens (tertiary/aromatic N) is 3. The summed E-state index contributed by atoms with van der Waals surface area (Å²) < 4.78 is -0.362. The number of hydroxylamine groups is 3. The Hall–Kier alpha value is -3.58. The van der Waals surface area contributed by atoms with Crippen LogP contribution in [0.1, 0.15) is 34.5 Å². The number of likely N-dealkylation sites (N-methyl/N-ethyl adjacent to an activating group) is 1. The molecule has 5 rings (SSSR count). The Kier molecular flexibility index (Phi) is 6.83. The molecule has 1 atom stereocenters. The number of hydrogen-bond donors (Lipinski definition) is 1. The van der Waals surface area contributed by atoms with Crippen LogP contribution in [-0.2, 0) is 6.54 Å². The summed E-state index contributed by atoms with van der Waals surface area (Å²) >= 11 is 0. The van der Waals surface area contributed by atoms with Gasteiger partial charge in [0.1, 0.15) is 6.54 Å². The number of fused-ring (bicyclic) bond motifs is 1. The van der Waals surface area contributed by atoms with E-state index in [1.54, 1.807) is 0 Å². The fraction of sp³-hybridized carbons (Fsp3) is 0.267. The number of carbonyl (C=O) groups excluding carboxylic acids is 1. The highest BCUT2D eigenvalue weighted by Crippen LogP contribution is 2.33. The first-order valence-electron chi connectivity index (χ1n) is 12.5. The van der Waals surface area contributed by atoms with Crippen LogP contribution in [0.15, 0.2) is 84.9 Å². The summed E-state index contributed by atoms with van der Waals surface area (Å²) in [4.78, 5) is 21.2. The first-order chi connectivity index (χ1) is 17.4. The lowest BCUT2D eigenvalue weighted by Gasteiger charge is -2.48. The van der Waals surface area contributed by atoms with Gasteiger partial charge in [-0.3, -0.25) is 9.69 Å². The van der Waals surface area contributed by atoms with Crippen molar-refractivity contribution in [3.8, 4) is 11.3 Å². The third-order valence-corrected chi connectivity index (χ3v) is 7.14. The number of aromatic nitrogens is 1. The number of hydrogen-bond acceptors (Lipinski definition) is 4. The number of benzene rings is 3. The summed E-state index contributed by atoms with van der Waals surface area (Å²) in [5.41, 5.74) is 4.66. The van der Waals surface area contributed by atoms with Gasteiger partial charge in [0.15, 0.2) is 0 Å². The predicted octanol–water partition coefficient (Wildman–Crippen LogP) is 5.15. The Morgan fingerprint density at radius 2 is 1.58 bits per heavy atom. The number of rotatable bonds is 6. The van der Waals surface area contributed by atoms with Gasteiger partial charge in [0.05, 0.1) is 35.9 Å². The summed E-state index contributed by atoms with van der Waals surface area (Å²) in [5, 5.41) is 17.9. The minimum Gasteiger partial charge on any atom is -0.632 e. The number of pyridine rings is 1. The summed E-state index contributed by atoms with van der Waals surface area (Å²) in [6.45, 7) is 4.63. The number of piperazine rings is 1. The molecule has 6 heteroatoms. The van der Waals surface area contributed by atoms with E-state index < -0.39 is 0 Å². The molecule has 1 fully saturated rings. The molecule has 1 aromatic heterocycles. The van der Waals surface area contributed by atoms with Crippen molar-refractivity contribution >= 4 is 16.8 Å². The predicted molar refractivity (Wildman–Crippen MR) is 144 cm³/mol. The second kappa shape index (κ2) is 10.2. The Morgan fingerprint density at radius 1 is 0.972 bits per heavy atom. The second-order valence-electron chi connectivity index (χ2n) is 9.77. The van der Waals surface area contributed by atoms with E-state index in [0.717, 1.165) is 40.7 Å². The summed E-state index contributed by atoms with van der Waals surface area (Å²) in [5.74, 6) is -0.183. The van der Waals surface area contributed by atoms with E-state index in [0.29, 0.717) is 24.3 Å². The molecule has 0 spiro atoms. The Bertz CT molecular complexity index is 1350. The molecule has 6 nitrogen and oxygen atoms in total. The van der Waals surface area contributed by atoms with Crippen LogP contribution in [0.4, 0.5) is 0 Å². The van der Waals surface area contributed by atoms with Crippen molar-refractivity contribution in [1.82, 2.24) is 15.2 Å². The average Bonchev–Trinajstić information content (AvgIpc) is 2.91. The lowest BCUT2D eigenvalue weighted by molar-refractivity contribution is -0.898.